The maximum Gasteiger partial charge on any atom is 0.410 e. The van der Waals surface area contributed by atoms with Crippen LogP contribution in [0.3, 0.4) is 0 Å². The summed E-state index contributed by atoms with van der Waals surface area (Å²) >= 11 is 0. The van der Waals surface area contributed by atoms with Gasteiger partial charge in [-0.2, -0.15) is 0 Å². The summed E-state index contributed by atoms with van der Waals surface area (Å²) in [6.07, 6.45) is -1.49. The van der Waals surface area contributed by atoms with Crippen LogP contribution in [0.25, 0.3) is 0 Å². The molecule has 3 aliphatic heterocycles. The van der Waals surface area contributed by atoms with E-state index in [0.717, 1.165) is 4.90 Å². The Morgan fingerprint density at radius 2 is 1.74 bits per heavy atom. The smallest absolute Gasteiger partial charge is 0.410 e. The van der Waals surface area contributed by atoms with Gasteiger partial charge in [0.25, 0.3) is 5.91 Å². The van der Waals surface area contributed by atoms with Crippen molar-refractivity contribution in [3.05, 3.63) is 47.2 Å². The highest BCUT2D eigenvalue weighted by Gasteiger charge is 2.57. The van der Waals surface area contributed by atoms with Crippen LogP contribution in [-0.4, -0.2) is 117 Å². The van der Waals surface area contributed by atoms with Crippen LogP contribution >= 0.6 is 0 Å². The fourth-order valence-corrected chi connectivity index (χ4v) is 6.47. The third-order valence-corrected chi connectivity index (χ3v) is 8.55. The lowest BCUT2D eigenvalue weighted by Gasteiger charge is -2.49. The first-order valence-corrected chi connectivity index (χ1v) is 14.8. The summed E-state index contributed by atoms with van der Waals surface area (Å²) in [5.41, 5.74) is -0.814. The van der Waals surface area contributed by atoms with Crippen LogP contribution in [0.15, 0.2) is 41.6 Å². The molecule has 4 amide bonds. The molecule has 2 fully saturated rings. The fraction of sp³-hybridized carbons (Fsp3) is 0.519. The first-order valence-electron chi connectivity index (χ1n) is 13.4. The SMILES string of the molecule is CN1CCN(C(=O)OCC2=C(C(=O)O)N3C(=O)C(NC(=O)[C@@H](NC(=O)OC(C)(C)C)c4ccccc4)[C@@H]3S(=O)C2)CC1. The van der Waals surface area contributed by atoms with E-state index in [1.54, 1.807) is 51.1 Å². The van der Waals surface area contributed by atoms with E-state index in [1.807, 2.05) is 7.05 Å². The molecule has 15 heteroatoms. The van der Waals surface area contributed by atoms with Gasteiger partial charge in [0.05, 0.1) is 16.6 Å². The molecule has 0 radical (unpaired) electrons. The number of carbonyl (C=O) groups is 5. The van der Waals surface area contributed by atoms with Crippen LogP contribution in [-0.2, 0) is 34.7 Å². The second kappa shape index (κ2) is 12.5. The number of carboxylic acid groups (broad SMARTS) is 1. The van der Waals surface area contributed by atoms with Gasteiger partial charge in [-0.15, -0.1) is 0 Å². The molecule has 0 spiro atoms. The summed E-state index contributed by atoms with van der Waals surface area (Å²) in [4.78, 5) is 68.1. The van der Waals surface area contributed by atoms with E-state index in [9.17, 15) is 33.3 Å². The average molecular weight is 606 g/mol. The van der Waals surface area contributed by atoms with E-state index in [1.165, 1.54) is 4.90 Å². The third kappa shape index (κ3) is 6.90. The molecule has 3 N–H and O–H groups in total. The van der Waals surface area contributed by atoms with Crippen LogP contribution in [0, 0.1) is 0 Å². The highest BCUT2D eigenvalue weighted by Crippen LogP contribution is 2.35. The first kappa shape index (κ1) is 31.0. The van der Waals surface area contributed by atoms with Crippen molar-refractivity contribution in [3.63, 3.8) is 0 Å². The van der Waals surface area contributed by atoms with Crippen molar-refractivity contribution in [2.24, 2.45) is 0 Å². The van der Waals surface area contributed by atoms with Crippen molar-refractivity contribution >= 4 is 40.8 Å². The van der Waals surface area contributed by atoms with E-state index < -0.39 is 76.1 Å². The van der Waals surface area contributed by atoms with Crippen LogP contribution < -0.4 is 10.6 Å². The largest absolute Gasteiger partial charge is 0.477 e. The second-order valence-electron chi connectivity index (χ2n) is 11.2. The van der Waals surface area contributed by atoms with Crippen molar-refractivity contribution in [1.82, 2.24) is 25.3 Å². The van der Waals surface area contributed by atoms with Gasteiger partial charge >= 0.3 is 18.2 Å². The van der Waals surface area contributed by atoms with Crippen molar-refractivity contribution in [2.45, 2.75) is 43.8 Å². The molecule has 2 unspecified atom stereocenters. The number of piperazine rings is 1. The number of rotatable bonds is 7. The number of fused-ring (bicyclic) bond motifs is 1. The summed E-state index contributed by atoms with van der Waals surface area (Å²) in [6, 6.07) is 5.73. The molecule has 0 aliphatic carbocycles. The molecule has 1 aromatic rings. The van der Waals surface area contributed by atoms with Gasteiger partial charge in [-0.1, -0.05) is 30.3 Å². The Balaban J connectivity index is 1.48. The van der Waals surface area contributed by atoms with Gasteiger partial charge in [0.15, 0.2) is 0 Å². The molecule has 1 aromatic carbocycles. The average Bonchev–Trinajstić information content (AvgIpc) is 2.92. The molecule has 2 saturated heterocycles. The standard InChI is InChI=1S/C27H35N5O9S/c1-27(2,3)41-25(37)29-18(16-8-6-5-7-9-16)21(33)28-19-22(34)32-20(24(35)36)17(15-42(39)23(19)32)14-40-26(38)31-12-10-30(4)11-13-31/h5-9,18-19,23H,10-15H2,1-4H3,(H,28,33)(H,29,37)(H,35,36)/t18-,19?,23-,42?/m0/s1. The first-order chi connectivity index (χ1) is 19.8. The molecule has 0 aromatic heterocycles. The Morgan fingerprint density at radius 3 is 2.33 bits per heavy atom. The van der Waals surface area contributed by atoms with Gasteiger partial charge in [-0.05, 0) is 33.4 Å². The number of carboxylic acids is 1. The second-order valence-corrected chi connectivity index (χ2v) is 12.7. The molecule has 42 heavy (non-hydrogen) atoms. The predicted molar refractivity (Wildman–Crippen MR) is 149 cm³/mol. The number of carbonyl (C=O) groups excluding carboxylic acids is 4. The molecule has 4 atom stereocenters. The van der Waals surface area contributed by atoms with Crippen molar-refractivity contribution < 1.29 is 42.8 Å². The molecule has 14 nitrogen and oxygen atoms in total. The topological polar surface area (TPSA) is 175 Å². The van der Waals surface area contributed by atoms with E-state index in [-0.39, 0.29) is 11.3 Å². The number of hydrogen-bond acceptors (Lipinski definition) is 9. The molecule has 228 valence electrons. The van der Waals surface area contributed by atoms with Crippen LogP contribution in [0.4, 0.5) is 9.59 Å². The van der Waals surface area contributed by atoms with Crippen LogP contribution in [0.2, 0.25) is 0 Å². The summed E-state index contributed by atoms with van der Waals surface area (Å²) in [6.45, 7) is 6.79. The number of alkyl carbamates (subject to hydrolysis) is 1. The summed E-state index contributed by atoms with van der Waals surface area (Å²) in [5.74, 6) is -3.27. The number of ether oxygens (including phenoxy) is 2. The number of aliphatic carboxylic acids is 1. The Bertz CT molecular complexity index is 1300. The highest BCUT2D eigenvalue weighted by atomic mass is 32.2. The molecular formula is C27H35N5O9S. The summed E-state index contributed by atoms with van der Waals surface area (Å²) in [5, 5.41) is 13.8. The van der Waals surface area contributed by atoms with Crippen molar-refractivity contribution in [2.75, 3.05) is 45.6 Å². The van der Waals surface area contributed by atoms with Crippen LogP contribution in [0.5, 0.6) is 0 Å². The van der Waals surface area contributed by atoms with Crippen molar-refractivity contribution in [1.29, 1.82) is 0 Å². The number of β-lactam (4-membered cyclic amide) rings is 1. The molecule has 3 heterocycles. The predicted octanol–water partition coefficient (Wildman–Crippen LogP) is 0.391. The van der Waals surface area contributed by atoms with E-state index in [2.05, 4.69) is 15.5 Å². The number of likely N-dealkylation sites (N-methyl/N-ethyl adjacent to an activating group) is 1. The quantitative estimate of drug-likeness (QED) is 0.369. The minimum Gasteiger partial charge on any atom is -0.477 e. The maximum atomic E-state index is 13.4. The number of benzene rings is 1. The normalized spacial score (nSPS) is 23.3. The van der Waals surface area contributed by atoms with Gasteiger partial charge in [0.1, 0.15) is 35.4 Å². The van der Waals surface area contributed by atoms with Gasteiger partial charge in [0, 0.05) is 31.8 Å². The lowest BCUT2D eigenvalue weighted by molar-refractivity contribution is -0.151. The minimum absolute atomic E-state index is 0.0337. The Kier molecular flexibility index (Phi) is 9.21. The van der Waals surface area contributed by atoms with Gasteiger partial charge in [0.2, 0.25) is 5.91 Å². The van der Waals surface area contributed by atoms with Crippen LogP contribution in [0.1, 0.15) is 32.4 Å². The zero-order chi connectivity index (χ0) is 30.8. The molecule has 3 aliphatic rings. The molecule has 4 rings (SSSR count). The number of amides is 4. The Morgan fingerprint density at radius 1 is 1.10 bits per heavy atom. The molecule has 0 saturated carbocycles. The monoisotopic (exact) mass is 605 g/mol. The zero-order valence-electron chi connectivity index (χ0n) is 23.8. The third-order valence-electron chi connectivity index (χ3n) is 6.89. The summed E-state index contributed by atoms with van der Waals surface area (Å²) in [7, 11) is 0.107. The molecular weight excluding hydrogens is 570 g/mol. The van der Waals surface area contributed by atoms with E-state index in [0.29, 0.717) is 31.7 Å². The fourth-order valence-electron chi connectivity index (χ4n) is 4.80. The lowest BCUT2D eigenvalue weighted by Crippen LogP contribution is -2.74. The van der Waals surface area contributed by atoms with Gasteiger partial charge < -0.3 is 35.0 Å². The Labute approximate surface area is 245 Å². The number of nitrogens with one attached hydrogen (secondary N) is 2. The highest BCUT2D eigenvalue weighted by molar-refractivity contribution is 7.86. The molecule has 0 bridgehead atoms. The minimum atomic E-state index is -1.82. The lowest BCUT2D eigenvalue weighted by atomic mass is 10.0. The summed E-state index contributed by atoms with van der Waals surface area (Å²) < 4.78 is 23.8. The van der Waals surface area contributed by atoms with Crippen molar-refractivity contribution in [3.8, 4) is 0 Å². The zero-order valence-corrected chi connectivity index (χ0v) is 24.6. The van der Waals surface area contributed by atoms with E-state index >= 15 is 0 Å². The number of nitrogens with zero attached hydrogens (tertiary/aromatic N) is 3. The Hall–Kier alpha value is -3.98. The maximum absolute atomic E-state index is 13.4. The van der Waals surface area contributed by atoms with E-state index in [4.69, 9.17) is 9.47 Å². The number of hydrogen-bond donors (Lipinski definition) is 3. The van der Waals surface area contributed by atoms with Gasteiger partial charge in [-0.25, -0.2) is 14.4 Å². The van der Waals surface area contributed by atoms with Gasteiger partial charge in [-0.3, -0.25) is 18.7 Å².